The van der Waals surface area contributed by atoms with Gasteiger partial charge in [0.05, 0.1) is 0 Å². The third kappa shape index (κ3) is 5.45. The fourth-order valence-electron chi connectivity index (χ4n) is 6.17. The van der Waals surface area contributed by atoms with E-state index in [1.54, 1.807) is 18.2 Å². The van der Waals surface area contributed by atoms with Crippen molar-refractivity contribution in [1.29, 1.82) is 0 Å². The minimum atomic E-state index is -0.627. The number of benzene rings is 2. The standard InChI is InChI=1S/C30H35F3/c1-3-5-7-20-9-10-22-16-23(12-11-21(22)15-20)24-13-14-26(28(31)17-24)25-18-29(32)27(8-6-4-2)30(33)19-25/h3-4,13-14,17-23H,1-2,5-12,15-16H2. The lowest BCUT2D eigenvalue weighted by Gasteiger charge is -2.42. The van der Waals surface area contributed by atoms with Crippen molar-refractivity contribution in [2.24, 2.45) is 17.8 Å². The molecule has 4 rings (SSSR count). The number of halogens is 3. The van der Waals surface area contributed by atoms with Crippen molar-refractivity contribution in [3.05, 3.63) is 84.2 Å². The predicted octanol–water partition coefficient (Wildman–Crippen LogP) is 9.16. The van der Waals surface area contributed by atoms with E-state index in [0.29, 0.717) is 12.3 Å². The first kappa shape index (κ1) is 23.9. The van der Waals surface area contributed by atoms with Gasteiger partial charge < -0.3 is 0 Å². The molecule has 2 aliphatic carbocycles. The van der Waals surface area contributed by atoms with Gasteiger partial charge >= 0.3 is 0 Å². The molecule has 2 saturated carbocycles. The summed E-state index contributed by atoms with van der Waals surface area (Å²) in [4.78, 5) is 0. The first-order valence-corrected chi connectivity index (χ1v) is 12.5. The lowest BCUT2D eigenvalue weighted by Crippen LogP contribution is -2.30. The van der Waals surface area contributed by atoms with Crippen LogP contribution in [-0.4, -0.2) is 0 Å². The maximum Gasteiger partial charge on any atom is 0.131 e. The average Bonchev–Trinajstić information content (AvgIpc) is 2.81. The van der Waals surface area contributed by atoms with E-state index in [0.717, 1.165) is 42.6 Å². The summed E-state index contributed by atoms with van der Waals surface area (Å²) in [6.45, 7) is 7.45. The minimum Gasteiger partial charge on any atom is -0.207 e. The molecule has 0 aromatic heterocycles. The highest BCUT2D eigenvalue weighted by atomic mass is 19.1. The van der Waals surface area contributed by atoms with Gasteiger partial charge in [-0.3, -0.25) is 0 Å². The number of fused-ring (bicyclic) bond motifs is 1. The molecule has 0 N–H and O–H groups in total. The third-order valence-corrected chi connectivity index (χ3v) is 8.02. The molecule has 3 heteroatoms. The molecule has 4 atom stereocenters. The molecular weight excluding hydrogens is 417 g/mol. The Balaban J connectivity index is 1.46. The summed E-state index contributed by atoms with van der Waals surface area (Å²) >= 11 is 0. The zero-order valence-corrected chi connectivity index (χ0v) is 19.5. The van der Waals surface area contributed by atoms with E-state index in [1.807, 2.05) is 12.1 Å². The van der Waals surface area contributed by atoms with Crippen LogP contribution in [0.3, 0.4) is 0 Å². The number of hydrogen-bond acceptors (Lipinski definition) is 0. The molecule has 0 spiro atoms. The molecule has 2 aliphatic rings. The van der Waals surface area contributed by atoms with Crippen LogP contribution in [0, 0.1) is 35.2 Å². The maximum atomic E-state index is 15.1. The largest absolute Gasteiger partial charge is 0.207 e. The summed E-state index contributed by atoms with van der Waals surface area (Å²) in [6.07, 6.45) is 14.1. The molecule has 33 heavy (non-hydrogen) atoms. The second kappa shape index (κ2) is 10.8. The zero-order chi connectivity index (χ0) is 23.4. The topological polar surface area (TPSA) is 0 Å². The number of hydrogen-bond donors (Lipinski definition) is 0. The quantitative estimate of drug-likeness (QED) is 0.350. The van der Waals surface area contributed by atoms with Gasteiger partial charge in [0.1, 0.15) is 17.5 Å². The van der Waals surface area contributed by atoms with Crippen LogP contribution in [0.4, 0.5) is 13.2 Å². The average molecular weight is 453 g/mol. The normalized spacial score (nSPS) is 24.8. The van der Waals surface area contributed by atoms with Crippen molar-refractivity contribution in [2.45, 2.75) is 70.1 Å². The van der Waals surface area contributed by atoms with Gasteiger partial charge in [0, 0.05) is 11.1 Å². The van der Waals surface area contributed by atoms with Crippen LogP contribution in [0.1, 0.15) is 74.8 Å². The summed E-state index contributed by atoms with van der Waals surface area (Å²) in [5.41, 5.74) is 1.56. The van der Waals surface area contributed by atoms with Crippen molar-refractivity contribution in [3.63, 3.8) is 0 Å². The van der Waals surface area contributed by atoms with Crippen molar-refractivity contribution in [1.82, 2.24) is 0 Å². The maximum absolute atomic E-state index is 15.1. The van der Waals surface area contributed by atoms with Crippen molar-refractivity contribution in [3.8, 4) is 11.1 Å². The lowest BCUT2D eigenvalue weighted by atomic mass is 9.63. The SMILES string of the molecule is C=CCCc1c(F)cc(-c2ccc(C3CCC4CC(CCC=C)CCC4C3)cc2F)cc1F. The molecule has 0 radical (unpaired) electrons. The number of allylic oxidation sites excluding steroid dienone is 2. The minimum absolute atomic E-state index is 0.0339. The van der Waals surface area contributed by atoms with Crippen LogP contribution in [-0.2, 0) is 6.42 Å². The van der Waals surface area contributed by atoms with Crippen molar-refractivity contribution in [2.75, 3.05) is 0 Å². The predicted molar refractivity (Wildman–Crippen MR) is 131 cm³/mol. The van der Waals surface area contributed by atoms with Crippen LogP contribution in [0.25, 0.3) is 11.1 Å². The smallest absolute Gasteiger partial charge is 0.131 e. The first-order valence-electron chi connectivity index (χ1n) is 12.5. The summed E-state index contributed by atoms with van der Waals surface area (Å²) in [5, 5.41) is 0. The zero-order valence-electron chi connectivity index (χ0n) is 19.5. The first-order chi connectivity index (χ1) is 16.0. The van der Waals surface area contributed by atoms with E-state index in [9.17, 15) is 8.78 Å². The summed E-state index contributed by atoms with van der Waals surface area (Å²) in [5.74, 6) is 1.09. The van der Waals surface area contributed by atoms with Gasteiger partial charge in [-0.1, -0.05) is 30.7 Å². The summed E-state index contributed by atoms with van der Waals surface area (Å²) in [6, 6.07) is 7.74. The van der Waals surface area contributed by atoms with Gasteiger partial charge in [-0.25, -0.2) is 13.2 Å². The Morgan fingerprint density at radius 2 is 1.48 bits per heavy atom. The highest BCUT2D eigenvalue weighted by molar-refractivity contribution is 5.65. The summed E-state index contributed by atoms with van der Waals surface area (Å²) in [7, 11) is 0. The van der Waals surface area contributed by atoms with Gasteiger partial charge in [0.2, 0.25) is 0 Å². The molecule has 0 heterocycles. The van der Waals surface area contributed by atoms with Gasteiger partial charge in [0.15, 0.2) is 0 Å². The van der Waals surface area contributed by atoms with Gasteiger partial charge in [0.25, 0.3) is 0 Å². The lowest BCUT2D eigenvalue weighted by molar-refractivity contribution is 0.115. The molecule has 0 nitrogen and oxygen atoms in total. The molecule has 4 unspecified atom stereocenters. The monoisotopic (exact) mass is 452 g/mol. The second-order valence-corrected chi connectivity index (χ2v) is 10.1. The van der Waals surface area contributed by atoms with Crippen LogP contribution < -0.4 is 0 Å². The van der Waals surface area contributed by atoms with Crippen LogP contribution >= 0.6 is 0 Å². The highest BCUT2D eigenvalue weighted by Crippen LogP contribution is 2.48. The van der Waals surface area contributed by atoms with E-state index >= 15 is 4.39 Å². The number of rotatable bonds is 8. The fourth-order valence-corrected chi connectivity index (χ4v) is 6.17. The molecule has 0 aliphatic heterocycles. The molecule has 2 fully saturated rings. The summed E-state index contributed by atoms with van der Waals surface area (Å²) < 4.78 is 44.0. The van der Waals surface area contributed by atoms with E-state index < -0.39 is 17.5 Å². The molecular formula is C30H35F3. The van der Waals surface area contributed by atoms with Crippen LogP contribution in [0.2, 0.25) is 0 Å². The van der Waals surface area contributed by atoms with E-state index in [2.05, 4.69) is 13.2 Å². The Labute approximate surface area is 196 Å². The Bertz CT molecular complexity index is 969. The Morgan fingerprint density at radius 3 is 2.18 bits per heavy atom. The molecule has 2 aromatic rings. The van der Waals surface area contributed by atoms with Crippen molar-refractivity contribution >= 4 is 0 Å². The van der Waals surface area contributed by atoms with Gasteiger partial charge in [-0.05, 0) is 111 Å². The highest BCUT2D eigenvalue weighted by Gasteiger charge is 2.35. The molecule has 0 amide bonds. The van der Waals surface area contributed by atoms with Crippen LogP contribution in [0.15, 0.2) is 55.6 Å². The van der Waals surface area contributed by atoms with E-state index in [1.165, 1.54) is 44.2 Å². The Kier molecular flexibility index (Phi) is 7.78. The molecule has 0 bridgehead atoms. The van der Waals surface area contributed by atoms with Gasteiger partial charge in [-0.15, -0.1) is 13.2 Å². The van der Waals surface area contributed by atoms with E-state index in [-0.39, 0.29) is 23.1 Å². The van der Waals surface area contributed by atoms with Crippen LogP contribution in [0.5, 0.6) is 0 Å². The molecule has 176 valence electrons. The fraction of sp³-hybridized carbons (Fsp3) is 0.467. The molecule has 2 aromatic carbocycles. The van der Waals surface area contributed by atoms with E-state index in [4.69, 9.17) is 0 Å². The Morgan fingerprint density at radius 1 is 0.788 bits per heavy atom. The molecule has 0 saturated heterocycles. The third-order valence-electron chi connectivity index (χ3n) is 8.02. The van der Waals surface area contributed by atoms with Gasteiger partial charge in [-0.2, -0.15) is 0 Å². The second-order valence-electron chi connectivity index (χ2n) is 10.1. The van der Waals surface area contributed by atoms with Crippen molar-refractivity contribution < 1.29 is 13.2 Å². The Hall–Kier alpha value is -2.29.